The first-order valence-corrected chi connectivity index (χ1v) is 5.01. The predicted octanol–water partition coefficient (Wildman–Crippen LogP) is 1.39. The van der Waals surface area contributed by atoms with Crippen LogP contribution in [-0.2, 0) is 0 Å². The van der Waals surface area contributed by atoms with E-state index in [1.807, 2.05) is 0 Å². The first-order chi connectivity index (χ1) is 6.75. The maximum atomic E-state index is 5.86. The first-order valence-electron chi connectivity index (χ1n) is 4.63. The average Bonchev–Trinajstić information content (AvgIpc) is 2.56. The first kappa shape index (κ1) is 9.68. The van der Waals surface area contributed by atoms with Gasteiger partial charge in [-0.2, -0.15) is 0 Å². The highest BCUT2D eigenvalue weighted by atomic mass is 35.5. The van der Waals surface area contributed by atoms with Crippen LogP contribution in [-0.4, -0.2) is 22.1 Å². The molecule has 0 saturated heterocycles. The molecule has 1 fully saturated rings. The van der Waals surface area contributed by atoms with Crippen LogP contribution < -0.4 is 10.5 Å². The van der Waals surface area contributed by atoms with E-state index in [9.17, 15) is 0 Å². The van der Waals surface area contributed by atoms with Crippen molar-refractivity contribution < 1.29 is 4.74 Å². The standard InChI is InChI=1S/C9H12ClN3O/c10-8-4-12-5-13-9(8)14-7-2-1-6(11)3-7/h4-7H,1-3,11H2. The number of hydrogen-bond donors (Lipinski definition) is 1. The summed E-state index contributed by atoms with van der Waals surface area (Å²) in [5.41, 5.74) is 5.77. The third kappa shape index (κ3) is 2.13. The predicted molar refractivity (Wildman–Crippen MR) is 53.3 cm³/mol. The molecular formula is C9H12ClN3O. The summed E-state index contributed by atoms with van der Waals surface area (Å²) in [4.78, 5) is 7.75. The Labute approximate surface area is 87.4 Å². The Morgan fingerprint density at radius 2 is 2.36 bits per heavy atom. The van der Waals surface area contributed by atoms with Gasteiger partial charge in [0.25, 0.3) is 0 Å². The van der Waals surface area contributed by atoms with Gasteiger partial charge in [0, 0.05) is 6.04 Å². The van der Waals surface area contributed by atoms with E-state index >= 15 is 0 Å². The molecule has 2 N–H and O–H groups in total. The average molecular weight is 214 g/mol. The highest BCUT2D eigenvalue weighted by Crippen LogP contribution is 2.26. The molecule has 1 aromatic rings. The molecule has 0 radical (unpaired) electrons. The smallest absolute Gasteiger partial charge is 0.235 e. The molecule has 14 heavy (non-hydrogen) atoms. The second-order valence-electron chi connectivity index (χ2n) is 3.49. The maximum absolute atomic E-state index is 5.86. The van der Waals surface area contributed by atoms with E-state index in [2.05, 4.69) is 9.97 Å². The summed E-state index contributed by atoms with van der Waals surface area (Å²) >= 11 is 5.86. The molecule has 1 aliphatic rings. The summed E-state index contributed by atoms with van der Waals surface area (Å²) in [6.45, 7) is 0. The van der Waals surface area contributed by atoms with Gasteiger partial charge in [0.15, 0.2) is 0 Å². The third-order valence-electron chi connectivity index (χ3n) is 2.34. The lowest BCUT2D eigenvalue weighted by Gasteiger charge is -2.12. The third-order valence-corrected chi connectivity index (χ3v) is 2.60. The van der Waals surface area contributed by atoms with Crippen LogP contribution >= 0.6 is 11.6 Å². The fourth-order valence-corrected chi connectivity index (χ4v) is 1.78. The van der Waals surface area contributed by atoms with Gasteiger partial charge in [-0.15, -0.1) is 0 Å². The minimum absolute atomic E-state index is 0.150. The maximum Gasteiger partial charge on any atom is 0.235 e. The van der Waals surface area contributed by atoms with E-state index in [1.165, 1.54) is 12.5 Å². The van der Waals surface area contributed by atoms with Gasteiger partial charge in [-0.3, -0.25) is 0 Å². The minimum Gasteiger partial charge on any atom is -0.473 e. The second-order valence-corrected chi connectivity index (χ2v) is 3.90. The summed E-state index contributed by atoms with van der Waals surface area (Å²) in [6.07, 6.45) is 5.96. The number of aromatic nitrogens is 2. The summed E-state index contributed by atoms with van der Waals surface area (Å²) < 4.78 is 5.61. The number of halogens is 1. The molecule has 5 heteroatoms. The van der Waals surface area contributed by atoms with Crippen molar-refractivity contribution in [2.45, 2.75) is 31.4 Å². The largest absolute Gasteiger partial charge is 0.473 e. The van der Waals surface area contributed by atoms with Crippen molar-refractivity contribution in [1.29, 1.82) is 0 Å². The van der Waals surface area contributed by atoms with E-state index in [-0.39, 0.29) is 12.1 Å². The van der Waals surface area contributed by atoms with E-state index < -0.39 is 0 Å². The number of nitrogens with two attached hydrogens (primary N) is 1. The van der Waals surface area contributed by atoms with Crippen molar-refractivity contribution in [3.05, 3.63) is 17.5 Å². The lowest BCUT2D eigenvalue weighted by molar-refractivity contribution is 0.199. The topological polar surface area (TPSA) is 61.0 Å². The number of rotatable bonds is 2. The Kier molecular flexibility index (Phi) is 2.84. The highest BCUT2D eigenvalue weighted by Gasteiger charge is 2.24. The number of nitrogens with zero attached hydrogens (tertiary/aromatic N) is 2. The van der Waals surface area contributed by atoms with Crippen molar-refractivity contribution >= 4 is 11.6 Å². The van der Waals surface area contributed by atoms with Crippen LogP contribution in [0.25, 0.3) is 0 Å². The SMILES string of the molecule is NC1CCC(Oc2ncncc2Cl)C1. The fourth-order valence-electron chi connectivity index (χ4n) is 1.63. The zero-order valence-corrected chi connectivity index (χ0v) is 8.44. The molecule has 0 amide bonds. The Bertz CT molecular complexity index is 321. The monoisotopic (exact) mass is 213 g/mol. The Morgan fingerprint density at radius 1 is 1.50 bits per heavy atom. The van der Waals surface area contributed by atoms with Gasteiger partial charge in [0.1, 0.15) is 17.5 Å². The van der Waals surface area contributed by atoms with Gasteiger partial charge < -0.3 is 10.5 Å². The molecule has 0 aromatic carbocycles. The lowest BCUT2D eigenvalue weighted by atomic mass is 10.3. The molecule has 2 atom stereocenters. The van der Waals surface area contributed by atoms with E-state index in [1.54, 1.807) is 0 Å². The Morgan fingerprint density at radius 3 is 3.00 bits per heavy atom. The van der Waals surface area contributed by atoms with E-state index in [4.69, 9.17) is 22.1 Å². The zero-order valence-electron chi connectivity index (χ0n) is 7.69. The summed E-state index contributed by atoms with van der Waals surface area (Å²) in [6, 6.07) is 0.251. The molecular weight excluding hydrogens is 202 g/mol. The number of hydrogen-bond acceptors (Lipinski definition) is 4. The Hall–Kier alpha value is -0.870. The molecule has 76 valence electrons. The summed E-state index contributed by atoms with van der Waals surface area (Å²) in [5.74, 6) is 0.459. The minimum atomic E-state index is 0.150. The van der Waals surface area contributed by atoms with Gasteiger partial charge in [-0.25, -0.2) is 9.97 Å². The normalized spacial score (nSPS) is 26.4. The molecule has 0 spiro atoms. The van der Waals surface area contributed by atoms with Crippen molar-refractivity contribution in [2.24, 2.45) is 5.73 Å². The molecule has 0 bridgehead atoms. The Balaban J connectivity index is 2.01. The van der Waals surface area contributed by atoms with Crippen molar-refractivity contribution in [1.82, 2.24) is 9.97 Å². The number of ether oxygens (including phenoxy) is 1. The molecule has 4 nitrogen and oxygen atoms in total. The van der Waals surface area contributed by atoms with E-state index in [0.717, 1.165) is 19.3 Å². The van der Waals surface area contributed by atoms with Crippen molar-refractivity contribution in [3.8, 4) is 5.88 Å². The molecule has 0 aliphatic heterocycles. The second kappa shape index (κ2) is 4.11. The lowest BCUT2D eigenvalue weighted by Crippen LogP contribution is -2.19. The molecule has 1 aliphatic carbocycles. The molecule has 2 unspecified atom stereocenters. The van der Waals surface area contributed by atoms with Crippen LogP contribution in [0.4, 0.5) is 0 Å². The van der Waals surface area contributed by atoms with Crippen LogP contribution in [0.5, 0.6) is 5.88 Å². The van der Waals surface area contributed by atoms with Crippen molar-refractivity contribution in [2.75, 3.05) is 0 Å². The fraction of sp³-hybridized carbons (Fsp3) is 0.556. The van der Waals surface area contributed by atoms with Gasteiger partial charge in [-0.05, 0) is 19.3 Å². The summed E-state index contributed by atoms with van der Waals surface area (Å²) in [5, 5.41) is 0.452. The quantitative estimate of drug-likeness (QED) is 0.807. The van der Waals surface area contributed by atoms with Crippen LogP contribution in [0.15, 0.2) is 12.5 Å². The summed E-state index contributed by atoms with van der Waals surface area (Å²) in [7, 11) is 0. The highest BCUT2D eigenvalue weighted by molar-refractivity contribution is 6.31. The van der Waals surface area contributed by atoms with Crippen LogP contribution in [0.2, 0.25) is 5.02 Å². The van der Waals surface area contributed by atoms with Gasteiger partial charge >= 0.3 is 0 Å². The van der Waals surface area contributed by atoms with E-state index in [0.29, 0.717) is 10.9 Å². The van der Waals surface area contributed by atoms with Crippen molar-refractivity contribution in [3.63, 3.8) is 0 Å². The molecule has 1 aromatic heterocycles. The van der Waals surface area contributed by atoms with Crippen LogP contribution in [0.3, 0.4) is 0 Å². The van der Waals surface area contributed by atoms with Gasteiger partial charge in [0.05, 0.1) is 6.20 Å². The molecule has 1 heterocycles. The molecule has 2 rings (SSSR count). The van der Waals surface area contributed by atoms with Crippen LogP contribution in [0, 0.1) is 0 Å². The van der Waals surface area contributed by atoms with Gasteiger partial charge in [-0.1, -0.05) is 11.6 Å². The van der Waals surface area contributed by atoms with Gasteiger partial charge in [0.2, 0.25) is 5.88 Å². The van der Waals surface area contributed by atoms with Crippen LogP contribution in [0.1, 0.15) is 19.3 Å². The zero-order chi connectivity index (χ0) is 9.97. The molecule has 1 saturated carbocycles.